The summed E-state index contributed by atoms with van der Waals surface area (Å²) in [6.07, 6.45) is 6.46. The van der Waals surface area contributed by atoms with Gasteiger partial charge in [0.25, 0.3) is 5.91 Å². The molecule has 2 heterocycles. The van der Waals surface area contributed by atoms with E-state index in [4.69, 9.17) is 0 Å². The zero-order valence-electron chi connectivity index (χ0n) is 13.9. The fourth-order valence-electron chi connectivity index (χ4n) is 3.63. The van der Waals surface area contributed by atoms with Gasteiger partial charge >= 0.3 is 0 Å². The van der Waals surface area contributed by atoms with E-state index in [0.717, 1.165) is 24.8 Å². The van der Waals surface area contributed by atoms with E-state index in [-0.39, 0.29) is 5.91 Å². The third kappa shape index (κ3) is 2.98. The van der Waals surface area contributed by atoms with Gasteiger partial charge in [-0.15, -0.1) is 0 Å². The van der Waals surface area contributed by atoms with E-state index in [1.165, 1.54) is 9.87 Å². The number of hydrogen-bond acceptors (Lipinski definition) is 3. The van der Waals surface area contributed by atoms with E-state index < -0.39 is 10.0 Å². The Morgan fingerprint density at radius 1 is 1.00 bits per heavy atom. The highest BCUT2D eigenvalue weighted by Crippen LogP contribution is 2.26. The molecule has 1 aliphatic heterocycles. The lowest BCUT2D eigenvalue weighted by molar-refractivity contribution is 0.0698. The van der Waals surface area contributed by atoms with Crippen LogP contribution in [0.5, 0.6) is 0 Å². The fraction of sp³-hybridized carbons (Fsp3) is 0.389. The van der Waals surface area contributed by atoms with Crippen molar-refractivity contribution in [1.29, 1.82) is 0 Å². The van der Waals surface area contributed by atoms with Crippen molar-refractivity contribution in [3.8, 4) is 0 Å². The molecule has 2 aromatic rings. The maximum absolute atomic E-state index is 12.9. The molecule has 1 amide bonds. The molecule has 0 atom stereocenters. The number of amides is 1. The number of aromatic amines is 1. The van der Waals surface area contributed by atoms with Crippen LogP contribution in [0.2, 0.25) is 0 Å². The normalized spacial score (nSPS) is 18.3. The number of carbonyl (C=O) groups is 1. The molecular formula is C18H21N3O3S. The van der Waals surface area contributed by atoms with Crippen molar-refractivity contribution in [2.75, 3.05) is 26.2 Å². The minimum atomic E-state index is -3.50. The van der Waals surface area contributed by atoms with Crippen LogP contribution in [0.4, 0.5) is 0 Å². The summed E-state index contributed by atoms with van der Waals surface area (Å²) in [5.41, 5.74) is 3.03. The monoisotopic (exact) mass is 359 g/mol. The van der Waals surface area contributed by atoms with Gasteiger partial charge in [0.2, 0.25) is 10.0 Å². The van der Waals surface area contributed by atoms with Gasteiger partial charge in [-0.2, -0.15) is 4.31 Å². The lowest BCUT2D eigenvalue weighted by Gasteiger charge is -2.34. The molecule has 132 valence electrons. The van der Waals surface area contributed by atoms with Gasteiger partial charge in [0.15, 0.2) is 0 Å². The highest BCUT2D eigenvalue weighted by atomic mass is 32.2. The van der Waals surface area contributed by atoms with E-state index in [1.54, 1.807) is 29.4 Å². The molecule has 4 rings (SSSR count). The molecule has 1 fully saturated rings. The average Bonchev–Trinajstić information content (AvgIpc) is 3.32. The van der Waals surface area contributed by atoms with Gasteiger partial charge in [-0.1, -0.05) is 6.07 Å². The molecule has 0 saturated carbocycles. The van der Waals surface area contributed by atoms with Gasteiger partial charge in [-0.05, 0) is 48.6 Å². The predicted molar refractivity (Wildman–Crippen MR) is 93.9 cm³/mol. The van der Waals surface area contributed by atoms with Gasteiger partial charge in [-0.25, -0.2) is 8.42 Å². The molecule has 0 unspecified atom stereocenters. The third-order valence-corrected chi connectivity index (χ3v) is 6.97. The van der Waals surface area contributed by atoms with Crippen LogP contribution in [0.3, 0.4) is 0 Å². The topological polar surface area (TPSA) is 73.5 Å². The number of aromatic nitrogens is 1. The second kappa shape index (κ2) is 6.31. The molecule has 1 aliphatic carbocycles. The molecule has 2 aliphatic rings. The first-order chi connectivity index (χ1) is 12.1. The molecule has 1 saturated heterocycles. The lowest BCUT2D eigenvalue weighted by Crippen LogP contribution is -2.50. The summed E-state index contributed by atoms with van der Waals surface area (Å²) in [5, 5.41) is 0. The largest absolute Gasteiger partial charge is 0.367 e. The number of sulfonamides is 1. The summed E-state index contributed by atoms with van der Waals surface area (Å²) in [7, 11) is -3.50. The number of rotatable bonds is 3. The Morgan fingerprint density at radius 3 is 2.48 bits per heavy atom. The Hall–Kier alpha value is -2.12. The molecule has 7 heteroatoms. The maximum Gasteiger partial charge on any atom is 0.255 e. The van der Waals surface area contributed by atoms with Crippen LogP contribution in [0, 0.1) is 0 Å². The number of aryl methyl sites for hydroxylation is 2. The lowest BCUT2D eigenvalue weighted by atomic mass is 10.1. The molecule has 1 aromatic carbocycles. The van der Waals surface area contributed by atoms with Gasteiger partial charge in [0.05, 0.1) is 10.5 Å². The fourth-order valence-corrected chi connectivity index (χ4v) is 5.10. The molecule has 6 nitrogen and oxygen atoms in total. The SMILES string of the molecule is O=C(c1cc[nH]c1)N1CCN(S(=O)(=O)c2ccc3c(c2)CCC3)CC1. The van der Waals surface area contributed by atoms with Crippen LogP contribution >= 0.6 is 0 Å². The second-order valence-electron chi connectivity index (χ2n) is 6.58. The van der Waals surface area contributed by atoms with Crippen LogP contribution in [-0.2, 0) is 22.9 Å². The van der Waals surface area contributed by atoms with Crippen LogP contribution in [-0.4, -0.2) is 54.7 Å². The standard InChI is InChI=1S/C18H21N3O3S/c22-18(16-6-7-19-13-16)20-8-10-21(11-9-20)25(23,24)17-5-4-14-2-1-3-15(14)12-17/h4-7,12-13,19H,1-3,8-11H2. The first-order valence-corrected chi connectivity index (χ1v) is 10.0. The number of carbonyl (C=O) groups excluding carboxylic acids is 1. The van der Waals surface area contributed by atoms with Crippen molar-refractivity contribution in [2.24, 2.45) is 0 Å². The maximum atomic E-state index is 12.9. The second-order valence-corrected chi connectivity index (χ2v) is 8.52. The van der Waals surface area contributed by atoms with Crippen molar-refractivity contribution >= 4 is 15.9 Å². The number of hydrogen-bond donors (Lipinski definition) is 1. The minimum Gasteiger partial charge on any atom is -0.367 e. The number of benzene rings is 1. The zero-order valence-corrected chi connectivity index (χ0v) is 14.8. The van der Waals surface area contributed by atoms with E-state index in [2.05, 4.69) is 4.98 Å². The summed E-state index contributed by atoms with van der Waals surface area (Å²) in [4.78, 5) is 17.3. The third-order valence-electron chi connectivity index (χ3n) is 5.08. The zero-order chi connectivity index (χ0) is 17.4. The Kier molecular flexibility index (Phi) is 4.13. The van der Waals surface area contributed by atoms with Gasteiger partial charge in [-0.3, -0.25) is 4.79 Å². The van der Waals surface area contributed by atoms with Crippen molar-refractivity contribution < 1.29 is 13.2 Å². The quantitative estimate of drug-likeness (QED) is 0.906. The summed E-state index contributed by atoms with van der Waals surface area (Å²) < 4.78 is 27.3. The van der Waals surface area contributed by atoms with Gasteiger partial charge in [0, 0.05) is 38.6 Å². The highest BCUT2D eigenvalue weighted by Gasteiger charge is 2.31. The number of nitrogens with one attached hydrogen (secondary N) is 1. The Labute approximate surface area is 147 Å². The number of nitrogens with zero attached hydrogens (tertiary/aromatic N) is 2. The summed E-state index contributed by atoms with van der Waals surface area (Å²) in [6, 6.07) is 7.22. The van der Waals surface area contributed by atoms with Gasteiger partial charge < -0.3 is 9.88 Å². The highest BCUT2D eigenvalue weighted by molar-refractivity contribution is 7.89. The number of H-pyrrole nitrogens is 1. The Balaban J connectivity index is 1.47. The number of fused-ring (bicyclic) bond motifs is 1. The first-order valence-electron chi connectivity index (χ1n) is 8.60. The molecule has 0 bridgehead atoms. The number of piperazine rings is 1. The predicted octanol–water partition coefficient (Wildman–Crippen LogP) is 1.65. The summed E-state index contributed by atoms with van der Waals surface area (Å²) in [5.74, 6) is -0.0594. The van der Waals surface area contributed by atoms with Crippen LogP contribution in [0.1, 0.15) is 27.9 Å². The summed E-state index contributed by atoms with van der Waals surface area (Å²) in [6.45, 7) is 1.48. The van der Waals surface area contributed by atoms with Crippen LogP contribution < -0.4 is 0 Å². The molecule has 0 spiro atoms. The molecule has 1 N–H and O–H groups in total. The minimum absolute atomic E-state index is 0.0594. The van der Waals surface area contributed by atoms with Crippen LogP contribution in [0.15, 0.2) is 41.6 Å². The van der Waals surface area contributed by atoms with Crippen molar-refractivity contribution in [2.45, 2.75) is 24.2 Å². The van der Waals surface area contributed by atoms with E-state index in [1.807, 2.05) is 12.1 Å². The Morgan fingerprint density at radius 2 is 1.76 bits per heavy atom. The van der Waals surface area contributed by atoms with Crippen molar-refractivity contribution in [3.63, 3.8) is 0 Å². The van der Waals surface area contributed by atoms with Crippen LogP contribution in [0.25, 0.3) is 0 Å². The smallest absolute Gasteiger partial charge is 0.255 e. The molecule has 0 radical (unpaired) electrons. The van der Waals surface area contributed by atoms with Crippen molar-refractivity contribution in [3.05, 3.63) is 53.3 Å². The molecule has 1 aromatic heterocycles. The summed E-state index contributed by atoms with van der Waals surface area (Å²) >= 11 is 0. The Bertz CT molecular complexity index is 882. The van der Waals surface area contributed by atoms with E-state index in [9.17, 15) is 13.2 Å². The molecule has 25 heavy (non-hydrogen) atoms. The molecular weight excluding hydrogens is 338 g/mol. The van der Waals surface area contributed by atoms with E-state index >= 15 is 0 Å². The average molecular weight is 359 g/mol. The van der Waals surface area contributed by atoms with Crippen molar-refractivity contribution in [1.82, 2.24) is 14.2 Å². The van der Waals surface area contributed by atoms with Gasteiger partial charge in [0.1, 0.15) is 0 Å². The first kappa shape index (κ1) is 16.4. The van der Waals surface area contributed by atoms with E-state index in [0.29, 0.717) is 36.6 Å².